The van der Waals surface area contributed by atoms with Crippen LogP contribution in [0.1, 0.15) is 89.2 Å². The summed E-state index contributed by atoms with van der Waals surface area (Å²) in [4.78, 5) is 0. The molecule has 0 N–H and O–H groups in total. The second kappa shape index (κ2) is 14.7. The topological polar surface area (TPSA) is 0 Å². The molecule has 0 heteroatoms. The van der Waals surface area contributed by atoms with Crippen molar-refractivity contribution in [2.75, 3.05) is 0 Å². The van der Waals surface area contributed by atoms with Crippen LogP contribution in [0.15, 0.2) is 109 Å². The van der Waals surface area contributed by atoms with Gasteiger partial charge in [0.05, 0.1) is 0 Å². The molecular weight excluding hydrogens is 528 g/mol. The molecule has 0 amide bonds. The van der Waals surface area contributed by atoms with Gasteiger partial charge in [-0.15, -0.1) is 0 Å². The normalized spacial score (nSPS) is 11.6. The van der Waals surface area contributed by atoms with E-state index >= 15 is 0 Å². The first kappa shape index (κ1) is 30.1. The van der Waals surface area contributed by atoms with Crippen molar-refractivity contribution in [1.29, 1.82) is 0 Å². The number of aryl methyl sites for hydroxylation is 2. The van der Waals surface area contributed by atoms with Crippen molar-refractivity contribution in [1.82, 2.24) is 0 Å². The minimum Gasteiger partial charge on any atom is -0.0654 e. The Labute approximate surface area is 265 Å². The van der Waals surface area contributed by atoms with Gasteiger partial charge >= 0.3 is 0 Å². The zero-order chi connectivity index (χ0) is 30.1. The number of fused-ring (bicyclic) bond motifs is 5. The monoisotopic (exact) mass is 576 g/mol. The van der Waals surface area contributed by atoms with Gasteiger partial charge in [-0.1, -0.05) is 162 Å². The molecule has 0 aliphatic rings. The van der Waals surface area contributed by atoms with Gasteiger partial charge in [0.25, 0.3) is 0 Å². The number of rotatable bonds is 14. The van der Waals surface area contributed by atoms with E-state index < -0.39 is 0 Å². The lowest BCUT2D eigenvalue weighted by molar-refractivity contribution is 0.632. The first-order valence-electron chi connectivity index (χ1n) is 17.3. The number of hydrogen-bond acceptors (Lipinski definition) is 0. The standard InChI is InChI=1S/C44H48/c1-3-5-7-9-11-15-33-17-13-19-35(29-33)37-21-25-41-39(31-37)23-27-44-42-26-22-38(32-40(42)24-28-43(41)44)36-20-14-18-34(30-36)16-12-10-8-6-4-2/h13-14,17-32H,3-12,15-16H2,1-2H3. The van der Waals surface area contributed by atoms with E-state index in [4.69, 9.17) is 0 Å². The number of benzene rings is 6. The molecule has 6 aromatic rings. The van der Waals surface area contributed by atoms with Gasteiger partial charge < -0.3 is 0 Å². The fourth-order valence-corrected chi connectivity index (χ4v) is 6.92. The summed E-state index contributed by atoms with van der Waals surface area (Å²) < 4.78 is 0. The predicted molar refractivity (Wildman–Crippen MR) is 195 cm³/mol. The summed E-state index contributed by atoms with van der Waals surface area (Å²) in [7, 11) is 0. The molecule has 0 saturated carbocycles. The molecule has 0 radical (unpaired) electrons. The second-order valence-electron chi connectivity index (χ2n) is 12.8. The predicted octanol–water partition coefficient (Wildman–Crippen LogP) is 13.5. The van der Waals surface area contributed by atoms with E-state index in [-0.39, 0.29) is 0 Å². The largest absolute Gasteiger partial charge is 0.0654 e. The molecule has 0 aliphatic carbocycles. The molecule has 0 unspecified atom stereocenters. The Morgan fingerprint density at radius 3 is 1.20 bits per heavy atom. The summed E-state index contributed by atoms with van der Waals surface area (Å²) in [5.74, 6) is 0. The minimum atomic E-state index is 1.18. The highest BCUT2D eigenvalue weighted by molar-refractivity contribution is 6.18. The molecule has 6 rings (SSSR count). The van der Waals surface area contributed by atoms with Crippen LogP contribution in [0.3, 0.4) is 0 Å². The molecule has 0 nitrogen and oxygen atoms in total. The Morgan fingerprint density at radius 2 is 0.750 bits per heavy atom. The molecular formula is C44H48. The Hall–Kier alpha value is -3.90. The highest BCUT2D eigenvalue weighted by Crippen LogP contribution is 2.35. The SMILES string of the molecule is CCCCCCCc1cccc(-c2ccc3c(ccc4c5ccc(-c6cccc(CCCCCCC)c6)cc5ccc34)c2)c1. The summed E-state index contributed by atoms with van der Waals surface area (Å²) in [5.41, 5.74) is 8.17. The smallest absolute Gasteiger partial charge is 0.00990 e. The lowest BCUT2D eigenvalue weighted by atomic mass is 9.92. The van der Waals surface area contributed by atoms with Crippen molar-refractivity contribution in [3.63, 3.8) is 0 Å². The first-order valence-corrected chi connectivity index (χ1v) is 17.3. The van der Waals surface area contributed by atoms with Crippen molar-refractivity contribution in [2.24, 2.45) is 0 Å². The van der Waals surface area contributed by atoms with Crippen LogP contribution in [-0.4, -0.2) is 0 Å². The highest BCUT2D eigenvalue weighted by Gasteiger charge is 2.09. The minimum absolute atomic E-state index is 1.18. The molecule has 6 aromatic carbocycles. The zero-order valence-electron chi connectivity index (χ0n) is 26.9. The summed E-state index contributed by atoms with van der Waals surface area (Å²) >= 11 is 0. The van der Waals surface area contributed by atoms with Gasteiger partial charge in [0.1, 0.15) is 0 Å². The summed E-state index contributed by atoms with van der Waals surface area (Å²) in [5, 5.41) is 7.94. The van der Waals surface area contributed by atoms with Crippen LogP contribution >= 0.6 is 0 Å². The number of hydrogen-bond donors (Lipinski definition) is 0. The third kappa shape index (κ3) is 7.07. The van der Waals surface area contributed by atoms with Crippen molar-refractivity contribution < 1.29 is 0 Å². The van der Waals surface area contributed by atoms with Crippen LogP contribution < -0.4 is 0 Å². The average molecular weight is 577 g/mol. The van der Waals surface area contributed by atoms with Crippen LogP contribution in [-0.2, 0) is 12.8 Å². The van der Waals surface area contributed by atoms with Crippen LogP contribution in [0.4, 0.5) is 0 Å². The van der Waals surface area contributed by atoms with Crippen LogP contribution in [0.2, 0.25) is 0 Å². The van der Waals surface area contributed by atoms with Crippen LogP contribution in [0.25, 0.3) is 54.6 Å². The molecule has 0 heterocycles. The van der Waals surface area contributed by atoms with Crippen molar-refractivity contribution in [3.8, 4) is 22.3 Å². The fraction of sp³-hybridized carbons (Fsp3) is 0.318. The van der Waals surface area contributed by atoms with Crippen LogP contribution in [0, 0.1) is 0 Å². The molecule has 44 heavy (non-hydrogen) atoms. The lowest BCUT2D eigenvalue weighted by Crippen LogP contribution is -1.88. The highest BCUT2D eigenvalue weighted by atomic mass is 14.1. The van der Waals surface area contributed by atoms with Crippen molar-refractivity contribution >= 4 is 32.3 Å². The maximum atomic E-state index is 2.40. The van der Waals surface area contributed by atoms with Gasteiger partial charge in [0.15, 0.2) is 0 Å². The average Bonchev–Trinajstić information content (AvgIpc) is 3.07. The summed E-state index contributed by atoms with van der Waals surface area (Å²) in [6.07, 6.45) is 15.6. The maximum absolute atomic E-state index is 2.40. The fourth-order valence-electron chi connectivity index (χ4n) is 6.92. The van der Waals surface area contributed by atoms with E-state index in [0.717, 1.165) is 0 Å². The third-order valence-corrected chi connectivity index (χ3v) is 9.49. The number of unbranched alkanes of at least 4 members (excludes halogenated alkanes) is 8. The molecule has 0 atom stereocenters. The molecule has 0 aromatic heterocycles. The van der Waals surface area contributed by atoms with Crippen LogP contribution in [0.5, 0.6) is 0 Å². The van der Waals surface area contributed by atoms with E-state index in [9.17, 15) is 0 Å². The van der Waals surface area contributed by atoms with Gasteiger partial charge in [0.2, 0.25) is 0 Å². The molecule has 0 aliphatic heterocycles. The van der Waals surface area contributed by atoms with E-state index in [1.807, 2.05) is 0 Å². The zero-order valence-corrected chi connectivity index (χ0v) is 26.9. The van der Waals surface area contributed by atoms with E-state index in [0.29, 0.717) is 0 Å². The van der Waals surface area contributed by atoms with Gasteiger partial charge in [-0.2, -0.15) is 0 Å². The van der Waals surface area contributed by atoms with E-state index in [1.165, 1.54) is 143 Å². The quantitative estimate of drug-likeness (QED) is 0.0893. The van der Waals surface area contributed by atoms with Crippen molar-refractivity contribution in [3.05, 3.63) is 120 Å². The molecule has 0 bridgehead atoms. The lowest BCUT2D eigenvalue weighted by Gasteiger charge is -2.12. The maximum Gasteiger partial charge on any atom is -0.00990 e. The van der Waals surface area contributed by atoms with Gasteiger partial charge in [-0.05, 0) is 104 Å². The summed E-state index contributed by atoms with van der Waals surface area (Å²) in [6, 6.07) is 41.7. The Morgan fingerprint density at radius 1 is 0.341 bits per heavy atom. The van der Waals surface area contributed by atoms with Gasteiger partial charge in [-0.25, -0.2) is 0 Å². The molecule has 224 valence electrons. The van der Waals surface area contributed by atoms with E-state index in [2.05, 4.69) is 123 Å². The first-order chi connectivity index (χ1) is 21.7. The van der Waals surface area contributed by atoms with Crippen molar-refractivity contribution in [2.45, 2.75) is 90.9 Å². The molecule has 0 fully saturated rings. The Bertz CT molecular complexity index is 1700. The Balaban J connectivity index is 1.23. The van der Waals surface area contributed by atoms with Gasteiger partial charge in [0, 0.05) is 0 Å². The molecule has 0 saturated heterocycles. The second-order valence-corrected chi connectivity index (χ2v) is 12.8. The van der Waals surface area contributed by atoms with Gasteiger partial charge in [-0.3, -0.25) is 0 Å². The third-order valence-electron chi connectivity index (χ3n) is 9.49. The summed E-state index contributed by atoms with van der Waals surface area (Å²) in [6.45, 7) is 4.56. The Kier molecular flexibility index (Phi) is 10.1. The molecule has 0 spiro atoms. The van der Waals surface area contributed by atoms with E-state index in [1.54, 1.807) is 0 Å².